The van der Waals surface area contributed by atoms with Crippen molar-refractivity contribution in [2.24, 2.45) is 0 Å². The molecule has 0 heterocycles. The number of esters is 1. The van der Waals surface area contributed by atoms with Crippen LogP contribution >= 0.6 is 11.8 Å². The van der Waals surface area contributed by atoms with Crippen molar-refractivity contribution in [1.29, 1.82) is 5.26 Å². The number of nitrogens with zero attached hydrogens (tertiary/aromatic N) is 1. The molecule has 2 N–H and O–H groups in total. The monoisotopic (exact) mass is 487 g/mol. The summed E-state index contributed by atoms with van der Waals surface area (Å²) in [6.07, 6.45) is -1.11. The summed E-state index contributed by atoms with van der Waals surface area (Å²) in [5.74, 6) is -1.65. The molecule has 8 heteroatoms. The third-order valence-electron chi connectivity index (χ3n) is 5.16. The van der Waals surface area contributed by atoms with Crippen LogP contribution in [0.4, 0.5) is 5.69 Å². The van der Waals surface area contributed by atoms with Crippen molar-refractivity contribution in [2.75, 3.05) is 11.9 Å². The van der Waals surface area contributed by atoms with Crippen LogP contribution in [0.1, 0.15) is 34.0 Å². The molecule has 0 saturated heterocycles. The normalized spacial score (nSPS) is 11.1. The lowest BCUT2D eigenvalue weighted by Gasteiger charge is -2.16. The number of hydrogen-bond donors (Lipinski definition) is 2. The Morgan fingerprint density at radius 2 is 1.57 bits per heavy atom. The Morgan fingerprint density at radius 1 is 0.943 bits per heavy atom. The van der Waals surface area contributed by atoms with Crippen LogP contribution in [0.5, 0.6) is 0 Å². The maximum atomic E-state index is 12.8. The van der Waals surface area contributed by atoms with Crippen molar-refractivity contribution in [3.8, 4) is 6.07 Å². The van der Waals surface area contributed by atoms with Gasteiger partial charge in [0.15, 0.2) is 6.10 Å². The zero-order valence-electron chi connectivity index (χ0n) is 19.6. The molecule has 3 aromatic carbocycles. The number of ether oxygens (including phenoxy) is 1. The number of benzene rings is 3. The van der Waals surface area contributed by atoms with Crippen LogP contribution in [0.3, 0.4) is 0 Å². The first kappa shape index (κ1) is 25.5. The first-order valence-corrected chi connectivity index (χ1v) is 11.7. The molecule has 1 unspecified atom stereocenters. The van der Waals surface area contributed by atoms with E-state index in [4.69, 9.17) is 4.74 Å². The zero-order valence-corrected chi connectivity index (χ0v) is 20.4. The number of amides is 2. The van der Waals surface area contributed by atoms with E-state index in [2.05, 4.69) is 16.7 Å². The number of nitriles is 1. The van der Waals surface area contributed by atoms with E-state index in [1.807, 2.05) is 38.1 Å². The fourth-order valence-corrected chi connectivity index (χ4v) is 4.29. The zero-order chi connectivity index (χ0) is 25.4. The minimum absolute atomic E-state index is 0.258. The van der Waals surface area contributed by atoms with Gasteiger partial charge >= 0.3 is 5.97 Å². The average Bonchev–Trinajstić information content (AvgIpc) is 2.85. The second-order valence-corrected chi connectivity index (χ2v) is 8.87. The van der Waals surface area contributed by atoms with E-state index in [-0.39, 0.29) is 18.0 Å². The molecule has 3 rings (SSSR count). The molecular formula is C27H25N3O4S. The molecular weight excluding hydrogens is 462 g/mol. The van der Waals surface area contributed by atoms with Gasteiger partial charge in [0, 0.05) is 15.5 Å². The van der Waals surface area contributed by atoms with Crippen molar-refractivity contribution in [2.45, 2.75) is 36.7 Å². The summed E-state index contributed by atoms with van der Waals surface area (Å²) in [6, 6.07) is 21.7. The number of aryl methyl sites for hydroxylation is 2. The smallest absolute Gasteiger partial charge is 0.340 e. The highest BCUT2D eigenvalue weighted by Gasteiger charge is 2.22. The van der Waals surface area contributed by atoms with E-state index in [1.165, 1.54) is 18.7 Å². The summed E-state index contributed by atoms with van der Waals surface area (Å²) >= 11 is 1.27. The van der Waals surface area contributed by atoms with Gasteiger partial charge in [-0.1, -0.05) is 54.2 Å². The van der Waals surface area contributed by atoms with Gasteiger partial charge in [-0.2, -0.15) is 5.26 Å². The van der Waals surface area contributed by atoms with Crippen LogP contribution in [0.25, 0.3) is 0 Å². The van der Waals surface area contributed by atoms with Gasteiger partial charge in [-0.15, -0.1) is 0 Å². The molecule has 3 aromatic rings. The molecule has 0 aliphatic rings. The maximum Gasteiger partial charge on any atom is 0.340 e. The first-order valence-electron chi connectivity index (χ1n) is 10.9. The van der Waals surface area contributed by atoms with Gasteiger partial charge in [-0.3, -0.25) is 9.59 Å². The number of rotatable bonds is 8. The van der Waals surface area contributed by atoms with Crippen LogP contribution in [-0.4, -0.2) is 30.4 Å². The molecule has 0 bridgehead atoms. The van der Waals surface area contributed by atoms with E-state index in [1.54, 1.807) is 42.5 Å². The summed E-state index contributed by atoms with van der Waals surface area (Å²) in [5, 5.41) is 14.6. The van der Waals surface area contributed by atoms with Gasteiger partial charge in [0.05, 0.1) is 17.7 Å². The highest BCUT2D eigenvalue weighted by Crippen LogP contribution is 2.33. The molecule has 0 saturated carbocycles. The average molecular weight is 488 g/mol. The SMILES string of the molecule is Cc1cccc(C)c1NC(=O)CNC(=O)C(C)OC(=O)c1ccccc1Sc1ccccc1C#N. The maximum absolute atomic E-state index is 12.8. The van der Waals surface area contributed by atoms with E-state index >= 15 is 0 Å². The summed E-state index contributed by atoms with van der Waals surface area (Å²) in [4.78, 5) is 38.9. The van der Waals surface area contributed by atoms with Crippen LogP contribution in [0.2, 0.25) is 0 Å². The van der Waals surface area contributed by atoms with Gasteiger partial charge in [-0.05, 0) is 56.2 Å². The summed E-state index contributed by atoms with van der Waals surface area (Å²) in [6.45, 7) is 4.96. The molecule has 0 spiro atoms. The third-order valence-corrected chi connectivity index (χ3v) is 6.31. The number of anilines is 1. The summed E-state index contributed by atoms with van der Waals surface area (Å²) in [7, 11) is 0. The minimum Gasteiger partial charge on any atom is -0.449 e. The molecule has 0 fully saturated rings. The predicted octanol–water partition coefficient (Wildman–Crippen LogP) is 4.63. The molecule has 2 amide bonds. The van der Waals surface area contributed by atoms with E-state index < -0.39 is 18.0 Å². The number of hydrogen-bond acceptors (Lipinski definition) is 6. The van der Waals surface area contributed by atoms with Crippen LogP contribution in [-0.2, 0) is 14.3 Å². The number of carbonyl (C=O) groups excluding carboxylic acids is 3. The number of para-hydroxylation sites is 1. The topological polar surface area (TPSA) is 108 Å². The Labute approximate surface area is 208 Å². The van der Waals surface area contributed by atoms with Gasteiger partial charge in [0.2, 0.25) is 5.91 Å². The van der Waals surface area contributed by atoms with Gasteiger partial charge < -0.3 is 15.4 Å². The van der Waals surface area contributed by atoms with Crippen molar-refractivity contribution in [3.63, 3.8) is 0 Å². The summed E-state index contributed by atoms with van der Waals surface area (Å²) < 4.78 is 5.36. The first-order chi connectivity index (χ1) is 16.8. The van der Waals surface area contributed by atoms with Crippen LogP contribution in [0, 0.1) is 25.2 Å². The third kappa shape index (κ3) is 6.71. The van der Waals surface area contributed by atoms with Crippen molar-refractivity contribution >= 4 is 35.2 Å². The molecule has 178 valence electrons. The molecule has 0 aromatic heterocycles. The highest BCUT2D eigenvalue weighted by molar-refractivity contribution is 7.99. The molecule has 35 heavy (non-hydrogen) atoms. The van der Waals surface area contributed by atoms with Gasteiger partial charge in [0.1, 0.15) is 6.07 Å². The standard InChI is InChI=1S/C27H25N3O4S/c1-17-9-8-10-18(2)25(17)30-24(31)16-29-26(32)19(3)34-27(33)21-12-5-7-14-23(21)35-22-13-6-4-11-20(22)15-28/h4-14,19H,16H2,1-3H3,(H,29,32)(H,30,31). The van der Waals surface area contributed by atoms with Crippen molar-refractivity contribution in [1.82, 2.24) is 5.32 Å². The van der Waals surface area contributed by atoms with Crippen molar-refractivity contribution < 1.29 is 19.1 Å². The fourth-order valence-electron chi connectivity index (χ4n) is 3.27. The lowest BCUT2D eigenvalue weighted by molar-refractivity contribution is -0.130. The second kappa shape index (κ2) is 11.9. The molecule has 7 nitrogen and oxygen atoms in total. The van der Waals surface area contributed by atoms with Crippen LogP contribution in [0.15, 0.2) is 76.5 Å². The summed E-state index contributed by atoms with van der Waals surface area (Å²) in [5.41, 5.74) is 3.31. The predicted molar refractivity (Wildman–Crippen MR) is 134 cm³/mol. The van der Waals surface area contributed by atoms with E-state index in [9.17, 15) is 19.6 Å². The Bertz CT molecular complexity index is 1280. The quantitative estimate of drug-likeness (QED) is 0.449. The highest BCUT2D eigenvalue weighted by atomic mass is 32.2. The fraction of sp³-hybridized carbons (Fsp3) is 0.185. The number of nitrogens with one attached hydrogen (secondary N) is 2. The molecule has 0 aliphatic heterocycles. The lowest BCUT2D eigenvalue weighted by Crippen LogP contribution is -2.40. The minimum atomic E-state index is -1.11. The lowest BCUT2D eigenvalue weighted by atomic mass is 10.1. The van der Waals surface area contributed by atoms with E-state index in [0.29, 0.717) is 21.0 Å². The van der Waals surface area contributed by atoms with Crippen molar-refractivity contribution in [3.05, 3.63) is 89.0 Å². The van der Waals surface area contributed by atoms with Gasteiger partial charge in [-0.25, -0.2) is 4.79 Å². The molecule has 1 atom stereocenters. The Hall–Kier alpha value is -4.09. The Morgan fingerprint density at radius 3 is 2.26 bits per heavy atom. The number of carbonyl (C=O) groups is 3. The Kier molecular flexibility index (Phi) is 8.65. The Balaban J connectivity index is 1.60. The van der Waals surface area contributed by atoms with Crippen LogP contribution < -0.4 is 10.6 Å². The second-order valence-electron chi connectivity index (χ2n) is 7.79. The van der Waals surface area contributed by atoms with E-state index in [0.717, 1.165) is 11.1 Å². The largest absolute Gasteiger partial charge is 0.449 e. The molecule has 0 radical (unpaired) electrons. The molecule has 0 aliphatic carbocycles. The van der Waals surface area contributed by atoms with Gasteiger partial charge in [0.25, 0.3) is 5.91 Å².